The highest BCUT2D eigenvalue weighted by Crippen LogP contribution is 2.20. The highest BCUT2D eigenvalue weighted by Gasteiger charge is 2.23. The van der Waals surface area contributed by atoms with Crippen molar-refractivity contribution in [3.8, 4) is 0 Å². The minimum Gasteiger partial charge on any atom is -0.316 e. The van der Waals surface area contributed by atoms with Gasteiger partial charge in [0.1, 0.15) is 0 Å². The Morgan fingerprint density at radius 3 is 2.11 bits per heavy atom. The Balaban J connectivity index is 2.26. The molecule has 1 saturated heterocycles. The quantitative estimate of drug-likeness (QED) is 0.728. The topological polar surface area (TPSA) is 27.3 Å². The van der Waals surface area contributed by atoms with Crippen molar-refractivity contribution in [3.05, 3.63) is 0 Å². The summed E-state index contributed by atoms with van der Waals surface area (Å²) in [6.45, 7) is 19.8. The standard InChI is InChI=1S/C15H33N3/c1-6-14(2,3)11-17-12-15(4,5)13-18-9-7-16-8-10-18/h16-17H,6-13H2,1-5H3. The molecule has 18 heavy (non-hydrogen) atoms. The van der Waals surface area contributed by atoms with Crippen LogP contribution in [0.1, 0.15) is 41.0 Å². The molecule has 0 spiro atoms. The fraction of sp³-hybridized carbons (Fsp3) is 1.00. The molecule has 1 aliphatic heterocycles. The maximum atomic E-state index is 3.66. The molecule has 0 unspecified atom stereocenters. The second-order valence-electron chi connectivity index (χ2n) is 7.31. The zero-order valence-corrected chi connectivity index (χ0v) is 13.1. The fourth-order valence-corrected chi connectivity index (χ4v) is 2.39. The summed E-state index contributed by atoms with van der Waals surface area (Å²) in [6, 6.07) is 0. The van der Waals surface area contributed by atoms with Crippen molar-refractivity contribution in [1.82, 2.24) is 15.5 Å². The predicted octanol–water partition coefficient (Wildman–Crippen LogP) is 1.94. The molecule has 1 rings (SSSR count). The molecule has 0 amide bonds. The molecule has 108 valence electrons. The van der Waals surface area contributed by atoms with E-state index in [1.165, 1.54) is 26.1 Å². The van der Waals surface area contributed by atoms with E-state index in [1.807, 2.05) is 0 Å². The minimum absolute atomic E-state index is 0.362. The third kappa shape index (κ3) is 6.17. The number of nitrogens with zero attached hydrogens (tertiary/aromatic N) is 1. The van der Waals surface area contributed by atoms with Gasteiger partial charge in [0.25, 0.3) is 0 Å². The average molecular weight is 255 g/mol. The molecule has 1 heterocycles. The summed E-state index contributed by atoms with van der Waals surface area (Å²) in [5, 5.41) is 7.08. The second-order valence-corrected chi connectivity index (χ2v) is 7.31. The van der Waals surface area contributed by atoms with Crippen LogP contribution >= 0.6 is 0 Å². The van der Waals surface area contributed by atoms with Crippen molar-refractivity contribution in [2.75, 3.05) is 45.8 Å². The number of nitrogens with one attached hydrogen (secondary N) is 2. The molecule has 1 aliphatic rings. The zero-order chi connectivity index (χ0) is 13.6. The Bertz CT molecular complexity index is 230. The lowest BCUT2D eigenvalue weighted by atomic mass is 9.88. The van der Waals surface area contributed by atoms with Crippen LogP contribution in [0.4, 0.5) is 0 Å². The van der Waals surface area contributed by atoms with E-state index in [2.05, 4.69) is 50.2 Å². The van der Waals surface area contributed by atoms with Gasteiger partial charge in [0, 0.05) is 45.8 Å². The molecule has 3 nitrogen and oxygen atoms in total. The fourth-order valence-electron chi connectivity index (χ4n) is 2.39. The first-order chi connectivity index (χ1) is 8.35. The van der Waals surface area contributed by atoms with Crippen LogP contribution < -0.4 is 10.6 Å². The van der Waals surface area contributed by atoms with Gasteiger partial charge >= 0.3 is 0 Å². The van der Waals surface area contributed by atoms with Crippen LogP contribution in [0.2, 0.25) is 0 Å². The Kier molecular flexibility index (Phi) is 6.09. The Morgan fingerprint density at radius 1 is 1.00 bits per heavy atom. The van der Waals surface area contributed by atoms with Crippen molar-refractivity contribution in [3.63, 3.8) is 0 Å². The highest BCUT2D eigenvalue weighted by atomic mass is 15.2. The minimum atomic E-state index is 0.362. The van der Waals surface area contributed by atoms with Crippen molar-refractivity contribution < 1.29 is 0 Å². The smallest absolute Gasteiger partial charge is 0.0108 e. The van der Waals surface area contributed by atoms with Crippen LogP contribution in [0.15, 0.2) is 0 Å². The van der Waals surface area contributed by atoms with E-state index in [1.54, 1.807) is 0 Å². The van der Waals surface area contributed by atoms with Gasteiger partial charge in [0.05, 0.1) is 0 Å². The Hall–Kier alpha value is -0.120. The molecular formula is C15H33N3. The van der Waals surface area contributed by atoms with Gasteiger partial charge < -0.3 is 15.5 Å². The molecule has 0 bridgehead atoms. The molecule has 0 radical (unpaired) electrons. The second kappa shape index (κ2) is 6.88. The summed E-state index contributed by atoms with van der Waals surface area (Å²) >= 11 is 0. The number of piperazine rings is 1. The van der Waals surface area contributed by atoms with Crippen LogP contribution in [-0.2, 0) is 0 Å². The summed E-state index contributed by atoms with van der Waals surface area (Å²) in [4.78, 5) is 2.59. The molecule has 1 fully saturated rings. The first-order valence-electron chi connectivity index (χ1n) is 7.48. The summed E-state index contributed by atoms with van der Waals surface area (Å²) < 4.78 is 0. The largest absolute Gasteiger partial charge is 0.316 e. The van der Waals surface area contributed by atoms with E-state index >= 15 is 0 Å². The molecule has 0 atom stereocenters. The number of rotatable bonds is 7. The lowest BCUT2D eigenvalue weighted by Gasteiger charge is -2.36. The van der Waals surface area contributed by atoms with E-state index in [0.29, 0.717) is 10.8 Å². The molecular weight excluding hydrogens is 222 g/mol. The van der Waals surface area contributed by atoms with E-state index in [9.17, 15) is 0 Å². The molecule has 0 aromatic heterocycles. The summed E-state index contributed by atoms with van der Waals surface area (Å²) in [6.07, 6.45) is 1.23. The molecule has 0 aliphatic carbocycles. The number of hydrogen-bond acceptors (Lipinski definition) is 3. The van der Waals surface area contributed by atoms with Crippen molar-refractivity contribution >= 4 is 0 Å². The summed E-state index contributed by atoms with van der Waals surface area (Å²) in [7, 11) is 0. The van der Waals surface area contributed by atoms with Gasteiger partial charge in [-0.2, -0.15) is 0 Å². The van der Waals surface area contributed by atoms with Gasteiger partial charge in [-0.1, -0.05) is 34.6 Å². The van der Waals surface area contributed by atoms with E-state index in [4.69, 9.17) is 0 Å². The molecule has 0 saturated carbocycles. The third-order valence-electron chi connectivity index (χ3n) is 4.03. The van der Waals surface area contributed by atoms with Crippen LogP contribution in [0.5, 0.6) is 0 Å². The van der Waals surface area contributed by atoms with Crippen LogP contribution in [0.25, 0.3) is 0 Å². The zero-order valence-electron chi connectivity index (χ0n) is 13.1. The maximum absolute atomic E-state index is 3.66. The first-order valence-corrected chi connectivity index (χ1v) is 7.48. The first kappa shape index (κ1) is 15.9. The lowest BCUT2D eigenvalue weighted by molar-refractivity contribution is 0.154. The van der Waals surface area contributed by atoms with Gasteiger partial charge in [-0.25, -0.2) is 0 Å². The van der Waals surface area contributed by atoms with Crippen LogP contribution in [-0.4, -0.2) is 50.7 Å². The number of hydrogen-bond donors (Lipinski definition) is 2. The third-order valence-corrected chi connectivity index (χ3v) is 4.03. The van der Waals surface area contributed by atoms with Gasteiger partial charge in [0.15, 0.2) is 0 Å². The Labute approximate surface area is 114 Å². The molecule has 0 aromatic rings. The summed E-state index contributed by atoms with van der Waals surface area (Å²) in [5.74, 6) is 0. The molecule has 3 heteroatoms. The summed E-state index contributed by atoms with van der Waals surface area (Å²) in [5.41, 5.74) is 0.784. The van der Waals surface area contributed by atoms with Crippen molar-refractivity contribution in [2.45, 2.75) is 41.0 Å². The van der Waals surface area contributed by atoms with Crippen molar-refractivity contribution in [1.29, 1.82) is 0 Å². The van der Waals surface area contributed by atoms with E-state index < -0.39 is 0 Å². The van der Waals surface area contributed by atoms with Gasteiger partial charge in [-0.3, -0.25) is 0 Å². The maximum Gasteiger partial charge on any atom is 0.0108 e. The Morgan fingerprint density at radius 2 is 1.56 bits per heavy atom. The van der Waals surface area contributed by atoms with E-state index in [-0.39, 0.29) is 0 Å². The van der Waals surface area contributed by atoms with E-state index in [0.717, 1.165) is 26.2 Å². The average Bonchev–Trinajstić information content (AvgIpc) is 2.29. The van der Waals surface area contributed by atoms with Gasteiger partial charge in [0.2, 0.25) is 0 Å². The van der Waals surface area contributed by atoms with Gasteiger partial charge in [-0.05, 0) is 17.3 Å². The normalized spacial score (nSPS) is 19.2. The van der Waals surface area contributed by atoms with Crippen molar-refractivity contribution in [2.24, 2.45) is 10.8 Å². The lowest BCUT2D eigenvalue weighted by Crippen LogP contribution is -2.49. The monoisotopic (exact) mass is 255 g/mol. The highest BCUT2D eigenvalue weighted by molar-refractivity contribution is 4.80. The predicted molar refractivity (Wildman–Crippen MR) is 80.0 cm³/mol. The molecule has 2 N–H and O–H groups in total. The SMILES string of the molecule is CCC(C)(C)CNCC(C)(C)CN1CCNCC1. The van der Waals surface area contributed by atoms with Crippen LogP contribution in [0, 0.1) is 10.8 Å². The molecule has 0 aromatic carbocycles. The van der Waals surface area contributed by atoms with Crippen LogP contribution in [0.3, 0.4) is 0 Å². The van der Waals surface area contributed by atoms with Gasteiger partial charge in [-0.15, -0.1) is 0 Å².